The van der Waals surface area contributed by atoms with Crippen molar-refractivity contribution < 1.29 is 13.9 Å². The van der Waals surface area contributed by atoms with E-state index >= 15 is 0 Å². The Kier molecular flexibility index (Phi) is 5.54. The van der Waals surface area contributed by atoms with Crippen LogP contribution >= 0.6 is 0 Å². The average molecular weight is 367 g/mol. The molecule has 0 aliphatic heterocycles. The molecule has 0 radical (unpaired) electrons. The van der Waals surface area contributed by atoms with Crippen molar-refractivity contribution in [3.8, 4) is 11.4 Å². The maximum Gasteiger partial charge on any atom is 0.255 e. The minimum atomic E-state index is -0.309. The molecule has 1 aromatic heterocycles. The monoisotopic (exact) mass is 367 g/mol. The highest BCUT2D eigenvalue weighted by molar-refractivity contribution is 5.96. The van der Waals surface area contributed by atoms with Crippen molar-refractivity contribution in [2.45, 2.75) is 20.3 Å². The van der Waals surface area contributed by atoms with E-state index in [0.29, 0.717) is 23.5 Å². The van der Waals surface area contributed by atoms with Gasteiger partial charge in [0.2, 0.25) is 0 Å². The van der Waals surface area contributed by atoms with Crippen molar-refractivity contribution in [2.75, 3.05) is 13.7 Å². The van der Waals surface area contributed by atoms with Crippen molar-refractivity contribution in [1.29, 1.82) is 0 Å². The van der Waals surface area contributed by atoms with Gasteiger partial charge in [0.1, 0.15) is 11.6 Å². The van der Waals surface area contributed by atoms with Gasteiger partial charge in [-0.2, -0.15) is 5.10 Å². The number of rotatable bonds is 6. The van der Waals surface area contributed by atoms with Gasteiger partial charge in [0.25, 0.3) is 5.91 Å². The van der Waals surface area contributed by atoms with E-state index < -0.39 is 0 Å². The van der Waals surface area contributed by atoms with Crippen LogP contribution in [0.15, 0.2) is 48.5 Å². The molecule has 0 bridgehead atoms. The molecule has 0 spiro atoms. The highest BCUT2D eigenvalue weighted by atomic mass is 19.1. The molecule has 5 nitrogen and oxygen atoms in total. The smallest absolute Gasteiger partial charge is 0.255 e. The summed E-state index contributed by atoms with van der Waals surface area (Å²) in [4.78, 5) is 12.6. The lowest BCUT2D eigenvalue weighted by atomic mass is 10.1. The molecular formula is C21H22FN3O2. The third-order valence-corrected chi connectivity index (χ3v) is 4.45. The zero-order valence-electron chi connectivity index (χ0n) is 15.6. The van der Waals surface area contributed by atoms with Gasteiger partial charge in [0, 0.05) is 6.54 Å². The van der Waals surface area contributed by atoms with Crippen molar-refractivity contribution in [3.63, 3.8) is 0 Å². The number of carbonyl (C=O) groups is 1. The molecule has 2 aromatic carbocycles. The van der Waals surface area contributed by atoms with Gasteiger partial charge in [0.15, 0.2) is 0 Å². The third kappa shape index (κ3) is 4.16. The fourth-order valence-corrected chi connectivity index (χ4v) is 3.01. The van der Waals surface area contributed by atoms with Crippen LogP contribution in [0.3, 0.4) is 0 Å². The molecule has 27 heavy (non-hydrogen) atoms. The number of nitrogens with one attached hydrogen (secondary N) is 1. The SMILES string of the molecule is COc1ccc(CCNC(=O)c2c(C)nn(-c3ccc(F)cc3)c2C)cc1. The Morgan fingerprint density at radius 1 is 1.11 bits per heavy atom. The van der Waals surface area contributed by atoms with Crippen molar-refractivity contribution in [2.24, 2.45) is 0 Å². The number of aryl methyl sites for hydroxylation is 1. The van der Waals surface area contributed by atoms with Gasteiger partial charge in [-0.05, 0) is 62.2 Å². The number of halogens is 1. The number of nitrogens with zero attached hydrogens (tertiary/aromatic N) is 2. The van der Waals surface area contributed by atoms with Crippen molar-refractivity contribution in [3.05, 3.63) is 76.9 Å². The molecule has 1 amide bonds. The number of hydrogen-bond donors (Lipinski definition) is 1. The first kappa shape index (κ1) is 18.6. The highest BCUT2D eigenvalue weighted by Crippen LogP contribution is 2.18. The van der Waals surface area contributed by atoms with Crippen LogP contribution in [-0.2, 0) is 6.42 Å². The topological polar surface area (TPSA) is 56.1 Å². The van der Waals surface area contributed by atoms with E-state index in [1.165, 1.54) is 12.1 Å². The fraction of sp³-hybridized carbons (Fsp3) is 0.238. The van der Waals surface area contributed by atoms with E-state index in [-0.39, 0.29) is 11.7 Å². The summed E-state index contributed by atoms with van der Waals surface area (Å²) >= 11 is 0. The van der Waals surface area contributed by atoms with E-state index in [9.17, 15) is 9.18 Å². The molecule has 1 heterocycles. The zero-order chi connectivity index (χ0) is 19.4. The Hall–Kier alpha value is -3.15. The molecule has 1 N–H and O–H groups in total. The van der Waals surface area contributed by atoms with Gasteiger partial charge in [0.05, 0.1) is 29.7 Å². The molecule has 0 atom stereocenters. The van der Waals surface area contributed by atoms with Gasteiger partial charge in [-0.1, -0.05) is 12.1 Å². The number of amides is 1. The Morgan fingerprint density at radius 2 is 1.78 bits per heavy atom. The Labute approximate surface area is 157 Å². The van der Waals surface area contributed by atoms with E-state index in [1.54, 1.807) is 30.8 Å². The van der Waals surface area contributed by atoms with E-state index in [0.717, 1.165) is 23.4 Å². The third-order valence-electron chi connectivity index (χ3n) is 4.45. The molecule has 0 fully saturated rings. The fourth-order valence-electron chi connectivity index (χ4n) is 3.01. The maximum atomic E-state index is 13.1. The molecule has 0 unspecified atom stereocenters. The number of ether oxygens (including phenoxy) is 1. The second-order valence-corrected chi connectivity index (χ2v) is 6.29. The first-order valence-electron chi connectivity index (χ1n) is 8.73. The number of carbonyl (C=O) groups excluding carboxylic acids is 1. The van der Waals surface area contributed by atoms with Gasteiger partial charge in [-0.15, -0.1) is 0 Å². The lowest BCUT2D eigenvalue weighted by Crippen LogP contribution is -2.26. The van der Waals surface area contributed by atoms with Crippen LogP contribution in [0.1, 0.15) is 27.3 Å². The Bertz CT molecular complexity index is 931. The molecule has 6 heteroatoms. The lowest BCUT2D eigenvalue weighted by Gasteiger charge is -2.07. The van der Waals surface area contributed by atoms with Crippen LogP contribution in [-0.4, -0.2) is 29.3 Å². The molecule has 3 aromatic rings. The number of methoxy groups -OCH3 is 1. The summed E-state index contributed by atoms with van der Waals surface area (Å²) in [5.41, 5.74) is 3.75. The predicted molar refractivity (Wildman–Crippen MR) is 102 cm³/mol. The molecule has 0 saturated carbocycles. The standard InChI is InChI=1S/C21H22FN3O2/c1-14-20(15(2)25(24-14)18-8-6-17(22)7-9-18)21(26)23-13-12-16-4-10-19(27-3)11-5-16/h4-11H,12-13H2,1-3H3,(H,23,26). The molecule has 0 aliphatic carbocycles. The first-order chi connectivity index (χ1) is 13.0. The largest absolute Gasteiger partial charge is 0.497 e. The first-order valence-corrected chi connectivity index (χ1v) is 8.73. The molecule has 140 valence electrons. The van der Waals surface area contributed by atoms with Crippen LogP contribution in [0.25, 0.3) is 5.69 Å². The predicted octanol–water partition coefficient (Wildman–Crippen LogP) is 3.61. The van der Waals surface area contributed by atoms with Crippen LogP contribution in [0.4, 0.5) is 4.39 Å². The van der Waals surface area contributed by atoms with E-state index in [4.69, 9.17) is 4.74 Å². The Morgan fingerprint density at radius 3 is 2.41 bits per heavy atom. The van der Waals surface area contributed by atoms with E-state index in [1.807, 2.05) is 31.2 Å². The van der Waals surface area contributed by atoms with Crippen molar-refractivity contribution >= 4 is 5.91 Å². The average Bonchev–Trinajstić information content (AvgIpc) is 2.97. The summed E-state index contributed by atoms with van der Waals surface area (Å²) in [5.74, 6) is 0.339. The summed E-state index contributed by atoms with van der Waals surface area (Å²) in [7, 11) is 1.63. The maximum absolute atomic E-state index is 13.1. The quantitative estimate of drug-likeness (QED) is 0.724. The number of hydrogen-bond acceptors (Lipinski definition) is 3. The number of benzene rings is 2. The van der Waals surface area contributed by atoms with Gasteiger partial charge in [-0.25, -0.2) is 9.07 Å². The van der Waals surface area contributed by atoms with Gasteiger partial charge in [-0.3, -0.25) is 4.79 Å². The van der Waals surface area contributed by atoms with Crippen LogP contribution in [0, 0.1) is 19.7 Å². The second kappa shape index (κ2) is 8.03. The summed E-state index contributed by atoms with van der Waals surface area (Å²) in [5, 5.41) is 7.38. The molecule has 0 saturated heterocycles. The normalized spacial score (nSPS) is 10.7. The summed E-state index contributed by atoms with van der Waals surface area (Å²) in [6, 6.07) is 13.8. The van der Waals surface area contributed by atoms with E-state index in [2.05, 4.69) is 10.4 Å². The van der Waals surface area contributed by atoms with Crippen LogP contribution in [0.2, 0.25) is 0 Å². The van der Waals surface area contributed by atoms with Crippen LogP contribution in [0.5, 0.6) is 5.75 Å². The summed E-state index contributed by atoms with van der Waals surface area (Å²) < 4.78 is 19.9. The summed E-state index contributed by atoms with van der Waals surface area (Å²) in [6.45, 7) is 4.15. The summed E-state index contributed by atoms with van der Waals surface area (Å²) in [6.07, 6.45) is 0.722. The minimum absolute atomic E-state index is 0.160. The zero-order valence-corrected chi connectivity index (χ0v) is 15.6. The van der Waals surface area contributed by atoms with Crippen LogP contribution < -0.4 is 10.1 Å². The second-order valence-electron chi connectivity index (χ2n) is 6.29. The lowest BCUT2D eigenvalue weighted by molar-refractivity contribution is 0.0953. The van der Waals surface area contributed by atoms with Crippen molar-refractivity contribution in [1.82, 2.24) is 15.1 Å². The minimum Gasteiger partial charge on any atom is -0.497 e. The molecule has 3 rings (SSSR count). The number of aromatic nitrogens is 2. The molecular weight excluding hydrogens is 345 g/mol. The van der Waals surface area contributed by atoms with Gasteiger partial charge < -0.3 is 10.1 Å². The molecule has 0 aliphatic rings. The highest BCUT2D eigenvalue weighted by Gasteiger charge is 2.19. The van der Waals surface area contributed by atoms with Gasteiger partial charge >= 0.3 is 0 Å². The Balaban J connectivity index is 1.68.